The minimum Gasteiger partial charge on any atom is -0.356 e. The van der Waals surface area contributed by atoms with E-state index >= 15 is 0 Å². The Kier molecular flexibility index (Phi) is 4.19. The van der Waals surface area contributed by atoms with Crippen LogP contribution >= 0.6 is 0 Å². The Hall–Kier alpha value is -3.01. The molecule has 0 fully saturated rings. The molecule has 2 aromatic carbocycles. The van der Waals surface area contributed by atoms with Crippen molar-refractivity contribution < 1.29 is 4.79 Å². The van der Waals surface area contributed by atoms with Gasteiger partial charge < -0.3 is 14.9 Å². The van der Waals surface area contributed by atoms with E-state index in [9.17, 15) is 4.79 Å². The lowest BCUT2D eigenvalue weighted by Crippen LogP contribution is -2.31. The molecule has 1 atom stereocenters. The number of para-hydroxylation sites is 2. The first kappa shape index (κ1) is 17.1. The van der Waals surface area contributed by atoms with Gasteiger partial charge in [-0.05, 0) is 48.9 Å². The Labute approximate surface area is 164 Å². The number of aromatic nitrogens is 2. The van der Waals surface area contributed by atoms with Gasteiger partial charge in [0.25, 0.3) is 0 Å². The molecule has 4 aromatic rings. The maximum atomic E-state index is 12.7. The van der Waals surface area contributed by atoms with E-state index in [2.05, 4.69) is 76.6 Å². The number of rotatable bonds is 4. The second-order valence-corrected chi connectivity index (χ2v) is 7.86. The van der Waals surface area contributed by atoms with Gasteiger partial charge in [0.2, 0.25) is 5.91 Å². The molecule has 0 aliphatic heterocycles. The van der Waals surface area contributed by atoms with Crippen molar-refractivity contribution in [1.82, 2.24) is 14.9 Å². The summed E-state index contributed by atoms with van der Waals surface area (Å²) in [6.45, 7) is 0. The summed E-state index contributed by atoms with van der Waals surface area (Å²) in [5.74, 6) is 0.129. The van der Waals surface area contributed by atoms with Gasteiger partial charge in [-0.25, -0.2) is 0 Å². The number of benzene rings is 2. The number of aromatic amines is 1. The molecular weight excluding hydrogens is 346 g/mol. The number of amides is 1. The molecule has 0 bridgehead atoms. The zero-order chi connectivity index (χ0) is 19.1. The van der Waals surface area contributed by atoms with Crippen LogP contribution in [0.2, 0.25) is 0 Å². The number of carbonyl (C=O) groups excluding carboxylic acids is 1. The first-order valence-corrected chi connectivity index (χ1v) is 10.1. The summed E-state index contributed by atoms with van der Waals surface area (Å²) in [6, 6.07) is 16.9. The van der Waals surface area contributed by atoms with Gasteiger partial charge in [-0.2, -0.15) is 0 Å². The topological polar surface area (TPSA) is 49.8 Å². The van der Waals surface area contributed by atoms with Crippen molar-refractivity contribution in [3.63, 3.8) is 0 Å². The number of aryl methyl sites for hydroxylation is 3. The summed E-state index contributed by atoms with van der Waals surface area (Å²) < 4.78 is 2.14. The highest BCUT2D eigenvalue weighted by atomic mass is 16.1. The first-order valence-electron chi connectivity index (χ1n) is 10.1. The standard InChI is InChI=1S/C24H25N3O/c1-27-15-16(17-7-3-5-12-22(17)27)13-14-23(28)25-21-11-6-9-19-18-8-2-4-10-20(18)26-24(19)21/h2-5,7-8,10,12,15,21,26H,6,9,11,13-14H2,1H3,(H,25,28). The molecule has 1 unspecified atom stereocenters. The van der Waals surface area contributed by atoms with Crippen molar-refractivity contribution in [3.8, 4) is 0 Å². The van der Waals surface area contributed by atoms with Gasteiger partial charge >= 0.3 is 0 Å². The Morgan fingerprint density at radius 1 is 1.14 bits per heavy atom. The molecule has 1 amide bonds. The van der Waals surface area contributed by atoms with Crippen molar-refractivity contribution in [2.24, 2.45) is 7.05 Å². The third-order valence-corrected chi connectivity index (χ3v) is 6.05. The van der Waals surface area contributed by atoms with Crippen molar-refractivity contribution in [3.05, 3.63) is 71.5 Å². The van der Waals surface area contributed by atoms with Gasteiger partial charge in [0.05, 0.1) is 6.04 Å². The van der Waals surface area contributed by atoms with E-state index in [0.29, 0.717) is 6.42 Å². The monoisotopic (exact) mass is 371 g/mol. The second-order valence-electron chi connectivity index (χ2n) is 7.86. The quantitative estimate of drug-likeness (QED) is 0.533. The maximum absolute atomic E-state index is 12.7. The van der Waals surface area contributed by atoms with Gasteiger partial charge in [-0.1, -0.05) is 36.4 Å². The largest absolute Gasteiger partial charge is 0.356 e. The normalized spacial score (nSPS) is 16.4. The molecule has 0 saturated carbocycles. The van der Waals surface area contributed by atoms with Crippen LogP contribution in [0.25, 0.3) is 21.8 Å². The summed E-state index contributed by atoms with van der Waals surface area (Å²) in [4.78, 5) is 16.3. The number of nitrogens with one attached hydrogen (secondary N) is 2. The fourth-order valence-electron chi connectivity index (χ4n) is 4.70. The van der Waals surface area contributed by atoms with Crippen LogP contribution in [0.15, 0.2) is 54.7 Å². The number of fused-ring (bicyclic) bond motifs is 4. The van der Waals surface area contributed by atoms with E-state index in [1.807, 2.05) is 0 Å². The van der Waals surface area contributed by atoms with Crippen LogP contribution in [0.3, 0.4) is 0 Å². The summed E-state index contributed by atoms with van der Waals surface area (Å²) in [5, 5.41) is 5.83. The van der Waals surface area contributed by atoms with Gasteiger partial charge in [-0.15, -0.1) is 0 Å². The molecular formula is C24H25N3O. The lowest BCUT2D eigenvalue weighted by molar-refractivity contribution is -0.121. The average Bonchev–Trinajstić information content (AvgIpc) is 3.25. The zero-order valence-electron chi connectivity index (χ0n) is 16.2. The van der Waals surface area contributed by atoms with Crippen LogP contribution in [0.5, 0.6) is 0 Å². The van der Waals surface area contributed by atoms with Crippen molar-refractivity contribution in [1.29, 1.82) is 0 Å². The summed E-state index contributed by atoms with van der Waals surface area (Å²) in [6.07, 6.45) is 6.62. The van der Waals surface area contributed by atoms with Gasteiger partial charge in [-0.3, -0.25) is 4.79 Å². The smallest absolute Gasteiger partial charge is 0.220 e. The number of carbonyl (C=O) groups is 1. The number of hydrogen-bond donors (Lipinski definition) is 2. The average molecular weight is 371 g/mol. The highest BCUT2D eigenvalue weighted by Crippen LogP contribution is 2.34. The Bertz CT molecular complexity index is 1170. The van der Waals surface area contributed by atoms with Crippen molar-refractivity contribution in [2.75, 3.05) is 0 Å². The molecule has 0 saturated heterocycles. The van der Waals surface area contributed by atoms with E-state index in [4.69, 9.17) is 0 Å². The van der Waals surface area contributed by atoms with Crippen LogP contribution in [0, 0.1) is 0 Å². The molecule has 0 spiro atoms. The number of nitrogens with zero attached hydrogens (tertiary/aromatic N) is 1. The van der Waals surface area contributed by atoms with Gasteiger partial charge in [0.15, 0.2) is 0 Å². The third kappa shape index (κ3) is 2.89. The number of H-pyrrole nitrogens is 1. The van der Waals surface area contributed by atoms with E-state index in [0.717, 1.165) is 25.7 Å². The molecule has 1 aliphatic rings. The lowest BCUT2D eigenvalue weighted by Gasteiger charge is -2.24. The molecule has 5 rings (SSSR count). The third-order valence-electron chi connectivity index (χ3n) is 6.05. The van der Waals surface area contributed by atoms with Crippen LogP contribution < -0.4 is 5.32 Å². The predicted octanol–water partition coefficient (Wildman–Crippen LogP) is 4.79. The molecule has 4 heteroatoms. The molecule has 4 nitrogen and oxygen atoms in total. The molecule has 2 heterocycles. The molecule has 142 valence electrons. The Morgan fingerprint density at radius 3 is 2.82 bits per heavy atom. The minimum atomic E-state index is 0.0937. The lowest BCUT2D eigenvalue weighted by atomic mass is 9.91. The van der Waals surface area contributed by atoms with Crippen molar-refractivity contribution in [2.45, 2.75) is 38.1 Å². The molecule has 2 N–H and O–H groups in total. The highest BCUT2D eigenvalue weighted by Gasteiger charge is 2.25. The highest BCUT2D eigenvalue weighted by molar-refractivity contribution is 5.86. The summed E-state index contributed by atoms with van der Waals surface area (Å²) in [7, 11) is 2.06. The minimum absolute atomic E-state index is 0.0937. The Morgan fingerprint density at radius 2 is 1.93 bits per heavy atom. The molecule has 28 heavy (non-hydrogen) atoms. The molecule has 1 aliphatic carbocycles. The number of hydrogen-bond acceptors (Lipinski definition) is 1. The Balaban J connectivity index is 1.31. The van der Waals surface area contributed by atoms with Gasteiger partial charge in [0, 0.05) is 47.2 Å². The first-order chi connectivity index (χ1) is 13.7. The predicted molar refractivity (Wildman–Crippen MR) is 113 cm³/mol. The van der Waals surface area contributed by atoms with E-state index in [-0.39, 0.29) is 11.9 Å². The SMILES string of the molecule is Cn1cc(CCC(=O)NC2CCCc3c2[nH]c2ccccc32)c2ccccc21. The molecule has 0 radical (unpaired) electrons. The van der Waals surface area contributed by atoms with Crippen LogP contribution in [-0.2, 0) is 24.7 Å². The second kappa shape index (κ2) is 6.86. The zero-order valence-corrected chi connectivity index (χ0v) is 16.2. The fraction of sp³-hybridized carbons (Fsp3) is 0.292. The van der Waals surface area contributed by atoms with Crippen LogP contribution in [0.1, 0.15) is 42.1 Å². The van der Waals surface area contributed by atoms with Gasteiger partial charge in [0.1, 0.15) is 0 Å². The summed E-state index contributed by atoms with van der Waals surface area (Å²) >= 11 is 0. The fourth-order valence-corrected chi connectivity index (χ4v) is 4.70. The molecule has 2 aromatic heterocycles. The van der Waals surface area contributed by atoms with E-state index in [1.165, 1.54) is 38.6 Å². The van der Waals surface area contributed by atoms with E-state index in [1.54, 1.807) is 0 Å². The maximum Gasteiger partial charge on any atom is 0.220 e. The van der Waals surface area contributed by atoms with Crippen LogP contribution in [-0.4, -0.2) is 15.5 Å². The van der Waals surface area contributed by atoms with E-state index < -0.39 is 0 Å². The van der Waals surface area contributed by atoms with Crippen molar-refractivity contribution >= 4 is 27.7 Å². The van der Waals surface area contributed by atoms with Crippen LogP contribution in [0.4, 0.5) is 0 Å². The summed E-state index contributed by atoms with van der Waals surface area (Å²) in [5.41, 5.74) is 6.20.